The average Bonchev–Trinajstić information content (AvgIpc) is 2.53. The fourth-order valence-corrected chi connectivity index (χ4v) is 2.79. The standard InChI is InChI=1S/C14H25N5O/c1-2-11-17-12(8-13(18-11)19-15)16-9-14(10-20)6-4-3-5-7-14/h8,20H,2-7,9-10,15H2,1H3,(H2,16,17,18,19). The molecule has 0 aromatic carbocycles. The molecule has 2 rings (SSSR count). The number of nitrogens with two attached hydrogens (primary N) is 1. The van der Waals surface area contributed by atoms with Gasteiger partial charge in [0.25, 0.3) is 0 Å². The van der Waals surface area contributed by atoms with Gasteiger partial charge in [0.05, 0.1) is 6.61 Å². The van der Waals surface area contributed by atoms with E-state index in [1.807, 2.05) is 6.92 Å². The van der Waals surface area contributed by atoms with E-state index in [0.29, 0.717) is 5.82 Å². The van der Waals surface area contributed by atoms with E-state index in [0.717, 1.165) is 37.4 Å². The number of anilines is 2. The van der Waals surface area contributed by atoms with Gasteiger partial charge in [-0.15, -0.1) is 0 Å². The molecule has 112 valence electrons. The van der Waals surface area contributed by atoms with Crippen LogP contribution in [0.1, 0.15) is 44.9 Å². The first-order chi connectivity index (χ1) is 9.71. The number of nitrogens with one attached hydrogen (secondary N) is 2. The smallest absolute Gasteiger partial charge is 0.145 e. The third-order valence-corrected chi connectivity index (χ3v) is 4.13. The third kappa shape index (κ3) is 3.58. The number of aliphatic hydroxyl groups is 1. The van der Waals surface area contributed by atoms with Gasteiger partial charge < -0.3 is 15.8 Å². The lowest BCUT2D eigenvalue weighted by Gasteiger charge is -2.35. The molecule has 1 heterocycles. The van der Waals surface area contributed by atoms with Crippen LogP contribution in [0.3, 0.4) is 0 Å². The summed E-state index contributed by atoms with van der Waals surface area (Å²) in [4.78, 5) is 8.72. The molecular weight excluding hydrogens is 254 g/mol. The van der Waals surface area contributed by atoms with Crippen LogP contribution in [-0.4, -0.2) is 28.2 Å². The summed E-state index contributed by atoms with van der Waals surface area (Å²) >= 11 is 0. The molecule has 0 bridgehead atoms. The van der Waals surface area contributed by atoms with Crippen LogP contribution in [0.25, 0.3) is 0 Å². The van der Waals surface area contributed by atoms with Gasteiger partial charge in [0, 0.05) is 24.4 Å². The number of aryl methyl sites for hydroxylation is 1. The number of nitrogens with zero attached hydrogens (tertiary/aromatic N) is 2. The van der Waals surface area contributed by atoms with E-state index in [1.165, 1.54) is 19.3 Å². The molecule has 1 aliphatic rings. The van der Waals surface area contributed by atoms with Gasteiger partial charge in [-0.25, -0.2) is 15.8 Å². The SMILES string of the molecule is CCc1nc(NN)cc(NCC2(CO)CCCCC2)n1. The van der Waals surface area contributed by atoms with E-state index in [4.69, 9.17) is 5.84 Å². The Morgan fingerprint density at radius 3 is 2.55 bits per heavy atom. The molecule has 1 saturated carbocycles. The Morgan fingerprint density at radius 1 is 1.25 bits per heavy atom. The molecule has 1 aromatic rings. The summed E-state index contributed by atoms with van der Waals surface area (Å²) in [6.45, 7) is 2.98. The van der Waals surface area contributed by atoms with Crippen LogP contribution in [0.5, 0.6) is 0 Å². The Balaban J connectivity index is 2.05. The zero-order chi connectivity index (χ0) is 14.4. The van der Waals surface area contributed by atoms with E-state index in [9.17, 15) is 5.11 Å². The van der Waals surface area contributed by atoms with E-state index >= 15 is 0 Å². The molecule has 1 aliphatic carbocycles. The second-order valence-electron chi connectivity index (χ2n) is 5.62. The summed E-state index contributed by atoms with van der Waals surface area (Å²) in [5.74, 6) is 7.56. The molecule has 6 nitrogen and oxygen atoms in total. The van der Waals surface area contributed by atoms with Gasteiger partial charge in [0.1, 0.15) is 17.5 Å². The first kappa shape index (κ1) is 15.0. The van der Waals surface area contributed by atoms with Crippen molar-refractivity contribution in [2.75, 3.05) is 23.9 Å². The molecule has 0 aliphatic heterocycles. The van der Waals surface area contributed by atoms with Gasteiger partial charge >= 0.3 is 0 Å². The summed E-state index contributed by atoms with van der Waals surface area (Å²) in [7, 11) is 0. The van der Waals surface area contributed by atoms with Gasteiger partial charge in [0.15, 0.2) is 0 Å². The van der Waals surface area contributed by atoms with Gasteiger partial charge in [-0.3, -0.25) is 0 Å². The molecule has 0 radical (unpaired) electrons. The van der Waals surface area contributed by atoms with Gasteiger partial charge in [0.2, 0.25) is 0 Å². The largest absolute Gasteiger partial charge is 0.396 e. The molecule has 1 aromatic heterocycles. The van der Waals surface area contributed by atoms with Crippen LogP contribution >= 0.6 is 0 Å². The molecule has 0 atom stereocenters. The van der Waals surface area contributed by atoms with Crippen molar-refractivity contribution in [3.05, 3.63) is 11.9 Å². The summed E-state index contributed by atoms with van der Waals surface area (Å²) < 4.78 is 0. The maximum absolute atomic E-state index is 9.72. The minimum absolute atomic E-state index is 0.00805. The lowest BCUT2D eigenvalue weighted by molar-refractivity contribution is 0.0943. The highest BCUT2D eigenvalue weighted by molar-refractivity contribution is 5.47. The predicted octanol–water partition coefficient (Wildman–Crippen LogP) is 1.68. The monoisotopic (exact) mass is 279 g/mol. The molecule has 6 heteroatoms. The molecule has 5 N–H and O–H groups in total. The Morgan fingerprint density at radius 2 is 1.95 bits per heavy atom. The van der Waals surface area contributed by atoms with Crippen LogP contribution in [0, 0.1) is 5.41 Å². The van der Waals surface area contributed by atoms with Crippen molar-refractivity contribution < 1.29 is 5.11 Å². The van der Waals surface area contributed by atoms with Crippen LogP contribution in [0.4, 0.5) is 11.6 Å². The topological polar surface area (TPSA) is 96.1 Å². The minimum Gasteiger partial charge on any atom is -0.396 e. The minimum atomic E-state index is -0.00805. The molecule has 0 amide bonds. The lowest BCUT2D eigenvalue weighted by Crippen LogP contribution is -2.35. The van der Waals surface area contributed by atoms with Crippen molar-refractivity contribution in [3.8, 4) is 0 Å². The maximum atomic E-state index is 9.72. The first-order valence-electron chi connectivity index (χ1n) is 7.41. The number of aromatic nitrogens is 2. The molecule has 0 spiro atoms. The highest BCUT2D eigenvalue weighted by atomic mass is 16.3. The lowest BCUT2D eigenvalue weighted by atomic mass is 9.74. The van der Waals surface area contributed by atoms with Crippen molar-refractivity contribution in [2.24, 2.45) is 11.3 Å². The Hall–Kier alpha value is -1.40. The van der Waals surface area contributed by atoms with Crippen molar-refractivity contribution in [3.63, 3.8) is 0 Å². The Bertz CT molecular complexity index is 409. The molecule has 20 heavy (non-hydrogen) atoms. The number of rotatable bonds is 6. The summed E-state index contributed by atoms with van der Waals surface area (Å²) in [5.41, 5.74) is 2.55. The van der Waals surface area contributed by atoms with Crippen molar-refractivity contribution >= 4 is 11.6 Å². The van der Waals surface area contributed by atoms with E-state index in [-0.39, 0.29) is 12.0 Å². The third-order valence-electron chi connectivity index (χ3n) is 4.13. The Kier molecular flexibility index (Phi) is 5.14. The van der Waals surface area contributed by atoms with Crippen molar-refractivity contribution in [1.29, 1.82) is 0 Å². The van der Waals surface area contributed by atoms with E-state index in [2.05, 4.69) is 20.7 Å². The van der Waals surface area contributed by atoms with E-state index < -0.39 is 0 Å². The zero-order valence-corrected chi connectivity index (χ0v) is 12.2. The van der Waals surface area contributed by atoms with Crippen LogP contribution < -0.4 is 16.6 Å². The highest BCUT2D eigenvalue weighted by Gasteiger charge is 2.31. The van der Waals surface area contributed by atoms with E-state index in [1.54, 1.807) is 6.07 Å². The summed E-state index contributed by atoms with van der Waals surface area (Å²) in [5, 5.41) is 13.1. The van der Waals surface area contributed by atoms with Crippen LogP contribution in [0.2, 0.25) is 0 Å². The second kappa shape index (κ2) is 6.85. The number of aliphatic hydroxyl groups excluding tert-OH is 1. The molecule has 0 saturated heterocycles. The normalized spacial score (nSPS) is 17.8. The second-order valence-corrected chi connectivity index (χ2v) is 5.62. The average molecular weight is 279 g/mol. The summed E-state index contributed by atoms with van der Waals surface area (Å²) in [6, 6.07) is 1.80. The fraction of sp³-hybridized carbons (Fsp3) is 0.714. The fourth-order valence-electron chi connectivity index (χ4n) is 2.79. The molecule has 1 fully saturated rings. The van der Waals surface area contributed by atoms with Crippen molar-refractivity contribution in [1.82, 2.24) is 9.97 Å². The number of nitrogen functional groups attached to an aromatic ring is 1. The number of hydrogen-bond donors (Lipinski definition) is 4. The van der Waals surface area contributed by atoms with Gasteiger partial charge in [-0.05, 0) is 12.8 Å². The number of hydrogen-bond acceptors (Lipinski definition) is 6. The predicted molar refractivity (Wildman–Crippen MR) is 80.3 cm³/mol. The molecular formula is C14H25N5O. The zero-order valence-electron chi connectivity index (χ0n) is 12.2. The van der Waals surface area contributed by atoms with Gasteiger partial charge in [-0.1, -0.05) is 26.2 Å². The first-order valence-corrected chi connectivity index (χ1v) is 7.41. The van der Waals surface area contributed by atoms with Crippen LogP contribution in [-0.2, 0) is 6.42 Å². The number of hydrazine groups is 1. The maximum Gasteiger partial charge on any atom is 0.145 e. The molecule has 0 unspecified atom stereocenters. The van der Waals surface area contributed by atoms with Gasteiger partial charge in [-0.2, -0.15) is 0 Å². The quantitative estimate of drug-likeness (QED) is 0.467. The highest BCUT2D eigenvalue weighted by Crippen LogP contribution is 2.35. The van der Waals surface area contributed by atoms with Crippen molar-refractivity contribution in [2.45, 2.75) is 45.4 Å². The summed E-state index contributed by atoms with van der Waals surface area (Å²) in [6.07, 6.45) is 6.57. The van der Waals surface area contributed by atoms with Crippen LogP contribution in [0.15, 0.2) is 6.07 Å². The Labute approximate surface area is 120 Å².